The van der Waals surface area contributed by atoms with Crippen molar-refractivity contribution < 1.29 is 70.9 Å². The summed E-state index contributed by atoms with van der Waals surface area (Å²) in [5.41, 5.74) is 0. The zero-order valence-corrected chi connectivity index (χ0v) is 7.49. The molecule has 0 saturated heterocycles. The zero-order valence-electron chi connectivity index (χ0n) is 4.47. The molecule has 0 spiro atoms. The Bertz CT molecular complexity index is 92.4. The van der Waals surface area contributed by atoms with E-state index in [2.05, 4.69) is 0 Å². The van der Waals surface area contributed by atoms with Crippen molar-refractivity contribution in [1.82, 2.24) is 0 Å². The first-order valence-corrected chi connectivity index (χ1v) is 2.88. The fourth-order valence-corrected chi connectivity index (χ4v) is 0. The van der Waals surface area contributed by atoms with E-state index in [1.54, 1.807) is 0 Å². The second-order valence-corrected chi connectivity index (χ2v) is 1.85. The fraction of sp³-hybridized carbons (Fsp3) is 0. The molecule has 0 bridgehead atoms. The summed E-state index contributed by atoms with van der Waals surface area (Å²) in [7, 11) is 0. The Morgan fingerprint density at radius 3 is 0.800 bits per heavy atom. The fourth-order valence-electron chi connectivity index (χ4n) is 0. The first kappa shape index (κ1) is 46.7. The molecule has 72 valence electrons. The van der Waals surface area contributed by atoms with Crippen LogP contribution in [0, 0.1) is 0 Å². The van der Waals surface area contributed by atoms with Crippen LogP contribution in [-0.4, -0.2) is 30.2 Å². The minimum absolute atomic E-state index is 0. The largest absolute Gasteiger partial charge is 0 e. The zero-order chi connectivity index (χ0) is 4.50. The summed E-state index contributed by atoms with van der Waals surface area (Å²) < 4.78 is 31.9. The van der Waals surface area contributed by atoms with Crippen molar-refractivity contribution in [2.75, 3.05) is 0 Å². The van der Waals surface area contributed by atoms with E-state index in [-0.39, 0.29) is 41.4 Å². The van der Waals surface area contributed by atoms with Crippen molar-refractivity contribution in [2.24, 2.45) is 0 Å². The molecular formula is H10CrO8Ru. The van der Waals surface area contributed by atoms with Gasteiger partial charge in [0.2, 0.25) is 0 Å². The van der Waals surface area contributed by atoms with Gasteiger partial charge in [-0.1, -0.05) is 0 Å². The molecule has 0 aliphatic carbocycles. The molecule has 0 saturated carbocycles. The van der Waals surface area contributed by atoms with Gasteiger partial charge in [-0.3, -0.25) is 0 Å². The van der Waals surface area contributed by atoms with Gasteiger partial charge >= 0.3 is 29.5 Å². The maximum Gasteiger partial charge on any atom is 0 e. The van der Waals surface area contributed by atoms with Crippen molar-refractivity contribution in [1.29, 1.82) is 0 Å². The predicted octanol–water partition coefficient (Wildman–Crippen LogP) is -4.66. The van der Waals surface area contributed by atoms with Crippen LogP contribution >= 0.6 is 0 Å². The van der Waals surface area contributed by atoms with E-state index in [1.165, 1.54) is 0 Å². The summed E-state index contributed by atoms with van der Waals surface area (Å²) in [4.78, 5) is 0. The Kier molecular flexibility index (Phi) is 75.9. The Hall–Kier alpha value is 0.516. The van der Waals surface area contributed by atoms with E-state index < -0.39 is 13.6 Å². The molecule has 0 aliphatic rings. The average Bonchev–Trinajstić information content (AvgIpc) is 0.722. The van der Waals surface area contributed by atoms with E-state index in [4.69, 9.17) is 15.9 Å². The van der Waals surface area contributed by atoms with Gasteiger partial charge in [0.1, 0.15) is 0 Å². The van der Waals surface area contributed by atoms with Gasteiger partial charge in [0.25, 0.3) is 0 Å². The Labute approximate surface area is 71.2 Å². The molecule has 10 heavy (non-hydrogen) atoms. The van der Waals surface area contributed by atoms with E-state index in [1.807, 2.05) is 0 Å². The van der Waals surface area contributed by atoms with Crippen LogP contribution in [0.15, 0.2) is 0 Å². The van der Waals surface area contributed by atoms with E-state index in [0.717, 1.165) is 0 Å². The Morgan fingerprint density at radius 1 is 0.800 bits per heavy atom. The van der Waals surface area contributed by atoms with Crippen LogP contribution < -0.4 is 0 Å². The quantitative estimate of drug-likeness (QED) is 0.422. The molecule has 0 aromatic carbocycles. The van der Waals surface area contributed by atoms with Crippen LogP contribution in [0.5, 0.6) is 0 Å². The molecule has 10 N–H and O–H groups in total. The van der Waals surface area contributed by atoms with Gasteiger partial charge in [-0.05, 0) is 0 Å². The first-order chi connectivity index (χ1) is 2.00. The Balaban J connectivity index is -0.00000000800. The molecular weight excluding hydrogens is 281 g/mol. The smallest absolute Gasteiger partial charge is 0 e. The molecule has 10 heteroatoms. The number of hydrogen-bond donors (Lipinski definition) is 2. The minimum Gasteiger partial charge on any atom is 0 e. The maximum atomic E-state index is 8.82. The van der Waals surface area contributed by atoms with Gasteiger partial charge in [-0.15, -0.1) is 0 Å². The van der Waals surface area contributed by atoms with Gasteiger partial charge in [0.15, 0.2) is 0 Å². The molecule has 0 radical (unpaired) electrons. The van der Waals surface area contributed by atoms with Gasteiger partial charge < -0.3 is 21.9 Å². The average molecular weight is 291 g/mol. The second kappa shape index (κ2) is 16.3. The summed E-state index contributed by atoms with van der Waals surface area (Å²) in [5.74, 6) is 0. The van der Waals surface area contributed by atoms with Crippen molar-refractivity contribution in [3.8, 4) is 0 Å². The second-order valence-electron chi connectivity index (χ2n) is 0.448. The van der Waals surface area contributed by atoms with Crippen LogP contribution in [0.4, 0.5) is 0 Å². The van der Waals surface area contributed by atoms with E-state index in [9.17, 15) is 0 Å². The summed E-state index contributed by atoms with van der Waals surface area (Å²) >= 11 is -5.25. The summed E-state index contributed by atoms with van der Waals surface area (Å²) in [6, 6.07) is 0. The third-order valence-electron chi connectivity index (χ3n) is 0. The summed E-state index contributed by atoms with van der Waals surface area (Å²) in [6.07, 6.45) is 0. The summed E-state index contributed by atoms with van der Waals surface area (Å²) in [6.45, 7) is 0. The molecule has 0 unspecified atom stereocenters. The molecule has 0 aromatic heterocycles. The first-order valence-electron chi connectivity index (χ1n) is 0.698. The van der Waals surface area contributed by atoms with Gasteiger partial charge in [-0.2, -0.15) is 0 Å². The molecule has 0 aliphatic heterocycles. The third-order valence-corrected chi connectivity index (χ3v) is 0. The molecule has 0 rings (SSSR count). The molecule has 0 atom stereocenters. The van der Waals surface area contributed by atoms with Crippen molar-refractivity contribution in [2.45, 2.75) is 0 Å². The number of hydrogen-bond acceptors (Lipinski definition) is 2. The van der Waals surface area contributed by atoms with Crippen molar-refractivity contribution in [3.05, 3.63) is 0 Å². The van der Waals surface area contributed by atoms with Gasteiger partial charge in [-0.25, -0.2) is 0 Å². The monoisotopic (exact) mass is 292 g/mol. The third kappa shape index (κ3) is 1810. The molecule has 8 nitrogen and oxygen atoms in total. The number of rotatable bonds is 0. The SMILES string of the molecule is O.O.O.O.[O]=[Cr](=[O])([OH])[OH].[Ru]. The standard InChI is InChI=1S/Cr.6H2O.2O.Ru/h;6*1H2;;;/q+2;;;;;;;;;/p-2. The Morgan fingerprint density at radius 2 is 0.800 bits per heavy atom. The van der Waals surface area contributed by atoms with E-state index >= 15 is 0 Å². The van der Waals surface area contributed by atoms with Crippen LogP contribution in [0.3, 0.4) is 0 Å². The van der Waals surface area contributed by atoms with Gasteiger partial charge in [0.05, 0.1) is 0 Å². The van der Waals surface area contributed by atoms with Gasteiger partial charge in [0, 0.05) is 19.5 Å². The maximum absolute atomic E-state index is 8.82. The van der Waals surface area contributed by atoms with Crippen molar-refractivity contribution in [3.63, 3.8) is 0 Å². The molecule has 0 fully saturated rings. The van der Waals surface area contributed by atoms with E-state index in [0.29, 0.717) is 0 Å². The molecule has 0 heterocycles. The van der Waals surface area contributed by atoms with Crippen LogP contribution in [0.1, 0.15) is 0 Å². The summed E-state index contributed by atoms with van der Waals surface area (Å²) in [5, 5.41) is 0. The van der Waals surface area contributed by atoms with Crippen LogP contribution in [-0.2, 0) is 40.7 Å². The normalized spacial score (nSPS) is 5.80. The minimum atomic E-state index is -5.25. The topological polar surface area (TPSA) is 201 Å². The van der Waals surface area contributed by atoms with Crippen LogP contribution in [0.2, 0.25) is 0 Å². The predicted molar refractivity (Wildman–Crippen MR) is 20.3 cm³/mol. The van der Waals surface area contributed by atoms with Crippen molar-refractivity contribution >= 4 is 0 Å². The molecule has 0 aromatic rings. The molecule has 0 amide bonds. The van der Waals surface area contributed by atoms with Crippen LogP contribution in [0.25, 0.3) is 0 Å².